The van der Waals surface area contributed by atoms with Gasteiger partial charge in [0.25, 0.3) is 0 Å². The number of benzene rings is 1. The fraction of sp³-hybridized carbons (Fsp3) is 0.125. The molecular weight excluding hydrogens is 229 g/mol. The lowest BCUT2D eigenvalue weighted by Gasteiger charge is -2.12. The standard InChI is InChI=1S/C8H7F3N2OS/c9-8(10,11)4-2-1-3-5(6(4)15)13-7(12)14/h1-3,15H,(H3,12,13,14). The predicted molar refractivity (Wildman–Crippen MR) is 51.9 cm³/mol. The second-order valence-electron chi connectivity index (χ2n) is 2.69. The van der Waals surface area contributed by atoms with Crippen LogP contribution in [0, 0.1) is 0 Å². The van der Waals surface area contributed by atoms with Crippen molar-refractivity contribution in [3.05, 3.63) is 23.8 Å². The van der Waals surface area contributed by atoms with Crippen molar-refractivity contribution in [2.24, 2.45) is 5.73 Å². The van der Waals surface area contributed by atoms with Crippen LogP contribution in [0.3, 0.4) is 0 Å². The Kier molecular flexibility index (Phi) is 3.13. The van der Waals surface area contributed by atoms with Crippen LogP contribution < -0.4 is 11.1 Å². The summed E-state index contributed by atoms with van der Waals surface area (Å²) in [5, 5.41) is 2.05. The summed E-state index contributed by atoms with van der Waals surface area (Å²) in [7, 11) is 0. The number of hydrogen-bond acceptors (Lipinski definition) is 2. The summed E-state index contributed by atoms with van der Waals surface area (Å²) >= 11 is 3.69. The number of nitrogens with two attached hydrogens (primary N) is 1. The van der Waals surface area contributed by atoms with Gasteiger partial charge in [0.2, 0.25) is 0 Å². The summed E-state index contributed by atoms with van der Waals surface area (Å²) in [6.07, 6.45) is -4.51. The van der Waals surface area contributed by atoms with Crippen LogP contribution in [0.2, 0.25) is 0 Å². The number of anilines is 1. The van der Waals surface area contributed by atoms with E-state index in [0.717, 1.165) is 12.1 Å². The molecule has 1 aromatic rings. The molecule has 7 heteroatoms. The Morgan fingerprint density at radius 1 is 1.40 bits per heavy atom. The highest BCUT2D eigenvalue weighted by atomic mass is 32.1. The highest BCUT2D eigenvalue weighted by Gasteiger charge is 2.33. The molecule has 0 aromatic heterocycles. The Balaban J connectivity index is 3.17. The Hall–Kier alpha value is -1.37. The molecule has 1 rings (SSSR count). The van der Waals surface area contributed by atoms with E-state index in [1.807, 2.05) is 5.32 Å². The molecule has 0 bridgehead atoms. The van der Waals surface area contributed by atoms with Gasteiger partial charge in [0.1, 0.15) is 0 Å². The maximum absolute atomic E-state index is 12.4. The van der Waals surface area contributed by atoms with Crippen LogP contribution >= 0.6 is 12.6 Å². The van der Waals surface area contributed by atoms with Gasteiger partial charge in [0.05, 0.1) is 11.3 Å². The molecule has 1 aromatic carbocycles. The summed E-state index contributed by atoms with van der Waals surface area (Å²) < 4.78 is 37.1. The molecule has 0 fully saturated rings. The van der Waals surface area contributed by atoms with Crippen LogP contribution in [-0.2, 0) is 6.18 Å². The number of urea groups is 1. The molecule has 3 N–H and O–H groups in total. The van der Waals surface area contributed by atoms with E-state index in [-0.39, 0.29) is 10.6 Å². The monoisotopic (exact) mass is 236 g/mol. The number of carbonyl (C=O) groups is 1. The van der Waals surface area contributed by atoms with Crippen LogP contribution in [0.25, 0.3) is 0 Å². The quantitative estimate of drug-likeness (QED) is 0.644. The first kappa shape index (κ1) is 11.7. The van der Waals surface area contributed by atoms with Gasteiger partial charge in [-0.25, -0.2) is 4.79 Å². The van der Waals surface area contributed by atoms with E-state index < -0.39 is 17.8 Å². The summed E-state index contributed by atoms with van der Waals surface area (Å²) in [5.41, 5.74) is 3.80. The molecule has 0 heterocycles. The van der Waals surface area contributed by atoms with Crippen molar-refractivity contribution in [3.63, 3.8) is 0 Å². The fourth-order valence-electron chi connectivity index (χ4n) is 1.01. The average molecular weight is 236 g/mol. The minimum absolute atomic E-state index is 0.0688. The molecule has 0 atom stereocenters. The van der Waals surface area contributed by atoms with E-state index in [0.29, 0.717) is 0 Å². The minimum Gasteiger partial charge on any atom is -0.351 e. The number of thiol groups is 1. The Morgan fingerprint density at radius 2 is 2.00 bits per heavy atom. The van der Waals surface area contributed by atoms with Gasteiger partial charge in [-0.1, -0.05) is 6.07 Å². The van der Waals surface area contributed by atoms with E-state index in [1.165, 1.54) is 6.07 Å². The number of nitrogens with one attached hydrogen (secondary N) is 1. The summed E-state index contributed by atoms with van der Waals surface area (Å²) in [5.74, 6) is 0. The van der Waals surface area contributed by atoms with Crippen molar-refractivity contribution in [3.8, 4) is 0 Å². The highest BCUT2D eigenvalue weighted by Crippen LogP contribution is 2.36. The van der Waals surface area contributed by atoms with Gasteiger partial charge in [0.15, 0.2) is 0 Å². The summed E-state index contributed by atoms with van der Waals surface area (Å²) in [4.78, 5) is 10.1. The number of alkyl halides is 3. The van der Waals surface area contributed by atoms with Crippen molar-refractivity contribution < 1.29 is 18.0 Å². The van der Waals surface area contributed by atoms with Gasteiger partial charge in [-0.2, -0.15) is 13.2 Å². The molecule has 0 radical (unpaired) electrons. The Morgan fingerprint density at radius 3 is 2.47 bits per heavy atom. The third kappa shape index (κ3) is 2.79. The van der Waals surface area contributed by atoms with E-state index in [1.54, 1.807) is 0 Å². The van der Waals surface area contributed by atoms with Gasteiger partial charge < -0.3 is 11.1 Å². The second kappa shape index (κ2) is 4.01. The molecule has 82 valence electrons. The molecule has 0 aliphatic rings. The van der Waals surface area contributed by atoms with Crippen molar-refractivity contribution in [1.82, 2.24) is 0 Å². The van der Waals surface area contributed by atoms with Crippen LogP contribution in [0.4, 0.5) is 23.7 Å². The maximum Gasteiger partial charge on any atom is 0.417 e. The predicted octanol–water partition coefficient (Wildman–Crippen LogP) is 2.48. The molecule has 0 aliphatic heterocycles. The third-order valence-corrected chi connectivity index (χ3v) is 2.08. The molecule has 3 nitrogen and oxygen atoms in total. The highest BCUT2D eigenvalue weighted by molar-refractivity contribution is 7.80. The number of primary amides is 1. The third-order valence-electron chi connectivity index (χ3n) is 1.60. The molecule has 0 unspecified atom stereocenters. The van der Waals surface area contributed by atoms with Crippen LogP contribution in [-0.4, -0.2) is 6.03 Å². The Labute approximate surface area is 88.9 Å². The number of rotatable bonds is 1. The molecule has 0 aliphatic carbocycles. The van der Waals surface area contributed by atoms with Gasteiger partial charge in [-0.3, -0.25) is 0 Å². The summed E-state index contributed by atoms with van der Waals surface area (Å²) in [6.45, 7) is 0. The number of amides is 2. The first-order valence-electron chi connectivity index (χ1n) is 3.78. The normalized spacial score (nSPS) is 11.2. The first-order chi connectivity index (χ1) is 6.82. The number of carbonyl (C=O) groups excluding carboxylic acids is 1. The van der Waals surface area contributed by atoms with Crippen molar-refractivity contribution in [1.29, 1.82) is 0 Å². The van der Waals surface area contributed by atoms with E-state index >= 15 is 0 Å². The molecular formula is C8H7F3N2OS. The van der Waals surface area contributed by atoms with Crippen molar-refractivity contribution in [2.45, 2.75) is 11.1 Å². The first-order valence-corrected chi connectivity index (χ1v) is 4.22. The lowest BCUT2D eigenvalue weighted by molar-refractivity contribution is -0.139. The average Bonchev–Trinajstić information content (AvgIpc) is 2.05. The summed E-state index contributed by atoms with van der Waals surface area (Å²) in [6, 6.07) is 2.37. The zero-order valence-corrected chi connectivity index (χ0v) is 8.19. The number of hydrogen-bond donors (Lipinski definition) is 3. The molecule has 0 spiro atoms. The zero-order chi connectivity index (χ0) is 11.6. The van der Waals surface area contributed by atoms with Crippen LogP contribution in [0.15, 0.2) is 23.1 Å². The van der Waals surface area contributed by atoms with E-state index in [2.05, 4.69) is 12.6 Å². The van der Waals surface area contributed by atoms with E-state index in [9.17, 15) is 18.0 Å². The minimum atomic E-state index is -4.51. The van der Waals surface area contributed by atoms with Gasteiger partial charge in [0, 0.05) is 4.90 Å². The Bertz CT molecular complexity index is 392. The molecule has 15 heavy (non-hydrogen) atoms. The smallest absolute Gasteiger partial charge is 0.351 e. The van der Waals surface area contributed by atoms with Crippen LogP contribution in [0.5, 0.6) is 0 Å². The van der Waals surface area contributed by atoms with Crippen molar-refractivity contribution in [2.75, 3.05) is 5.32 Å². The number of halogens is 3. The van der Waals surface area contributed by atoms with Crippen LogP contribution in [0.1, 0.15) is 5.56 Å². The van der Waals surface area contributed by atoms with E-state index in [4.69, 9.17) is 5.73 Å². The second-order valence-corrected chi connectivity index (χ2v) is 3.14. The fourth-order valence-corrected chi connectivity index (χ4v) is 1.34. The molecule has 2 amide bonds. The topological polar surface area (TPSA) is 55.1 Å². The largest absolute Gasteiger partial charge is 0.417 e. The van der Waals surface area contributed by atoms with Gasteiger partial charge >= 0.3 is 12.2 Å². The zero-order valence-electron chi connectivity index (χ0n) is 7.30. The van der Waals surface area contributed by atoms with Gasteiger partial charge in [-0.05, 0) is 12.1 Å². The molecule has 0 saturated carbocycles. The lowest BCUT2D eigenvalue weighted by atomic mass is 10.2. The molecule has 0 saturated heterocycles. The van der Waals surface area contributed by atoms with Gasteiger partial charge in [-0.15, -0.1) is 12.6 Å². The lowest BCUT2D eigenvalue weighted by Crippen LogP contribution is -2.20. The van der Waals surface area contributed by atoms with Crippen molar-refractivity contribution >= 4 is 24.3 Å². The maximum atomic E-state index is 12.4. The SMILES string of the molecule is NC(=O)Nc1cccc(C(F)(F)F)c1S.